The summed E-state index contributed by atoms with van der Waals surface area (Å²) in [6.07, 6.45) is 4.64. The average molecular weight is 232 g/mol. The Morgan fingerprint density at radius 2 is 1.94 bits per heavy atom. The Balaban J connectivity index is 1.79. The van der Waals surface area contributed by atoms with Crippen LogP contribution in [0.3, 0.4) is 0 Å². The zero-order chi connectivity index (χ0) is 11.9. The van der Waals surface area contributed by atoms with Crippen LogP contribution in [0, 0.1) is 0 Å². The lowest BCUT2D eigenvalue weighted by molar-refractivity contribution is 0.303. The average Bonchev–Trinajstić information content (AvgIpc) is 3.23. The summed E-state index contributed by atoms with van der Waals surface area (Å²) in [6, 6.07) is 7.97. The van der Waals surface area contributed by atoms with E-state index in [0.717, 1.165) is 37.0 Å². The molecule has 3 N–H and O–H groups in total. The van der Waals surface area contributed by atoms with Gasteiger partial charge in [-0.15, -0.1) is 0 Å². The summed E-state index contributed by atoms with van der Waals surface area (Å²) in [4.78, 5) is 0. The monoisotopic (exact) mass is 232 g/mol. The number of benzene rings is 1. The number of ether oxygens (including phenoxy) is 1. The van der Waals surface area contributed by atoms with Crippen LogP contribution in [0.25, 0.3) is 0 Å². The standard InChI is InChI=1S/C13H16N2O2/c14-12(15-16)13(7-8-13)9-1-3-10(4-2-9)17-11-5-6-11/h1-4,11,16H,5-8H2,(H2,14,15). The molecule has 90 valence electrons. The van der Waals surface area contributed by atoms with Crippen LogP contribution in [-0.2, 0) is 5.41 Å². The third-order valence-electron chi connectivity index (χ3n) is 3.58. The molecule has 0 aliphatic heterocycles. The molecule has 1 aromatic rings. The third kappa shape index (κ3) is 1.84. The fourth-order valence-electron chi connectivity index (χ4n) is 2.14. The van der Waals surface area contributed by atoms with Gasteiger partial charge in [-0.3, -0.25) is 0 Å². The normalized spacial score (nSPS) is 22.2. The lowest BCUT2D eigenvalue weighted by Gasteiger charge is -2.14. The lowest BCUT2D eigenvalue weighted by Crippen LogP contribution is -2.28. The molecule has 17 heavy (non-hydrogen) atoms. The van der Waals surface area contributed by atoms with Gasteiger partial charge in [0.1, 0.15) is 11.6 Å². The van der Waals surface area contributed by atoms with Crippen LogP contribution in [0.5, 0.6) is 5.75 Å². The predicted molar refractivity (Wildman–Crippen MR) is 64.4 cm³/mol. The van der Waals surface area contributed by atoms with Crippen molar-refractivity contribution < 1.29 is 9.94 Å². The third-order valence-corrected chi connectivity index (χ3v) is 3.58. The summed E-state index contributed by atoms with van der Waals surface area (Å²) in [7, 11) is 0. The molecule has 4 nitrogen and oxygen atoms in total. The first-order valence-electron chi connectivity index (χ1n) is 6.00. The van der Waals surface area contributed by atoms with E-state index < -0.39 is 0 Å². The SMILES string of the molecule is NC(=NO)C1(c2ccc(OC3CC3)cc2)CC1. The van der Waals surface area contributed by atoms with Gasteiger partial charge in [-0.25, -0.2) is 0 Å². The molecular weight excluding hydrogens is 216 g/mol. The van der Waals surface area contributed by atoms with E-state index in [4.69, 9.17) is 15.7 Å². The van der Waals surface area contributed by atoms with Crippen LogP contribution in [0.1, 0.15) is 31.2 Å². The minimum absolute atomic E-state index is 0.229. The zero-order valence-electron chi connectivity index (χ0n) is 9.60. The van der Waals surface area contributed by atoms with E-state index in [1.165, 1.54) is 0 Å². The Bertz CT molecular complexity index is 445. The van der Waals surface area contributed by atoms with Gasteiger partial charge in [-0.1, -0.05) is 17.3 Å². The Kier molecular flexibility index (Phi) is 2.24. The lowest BCUT2D eigenvalue weighted by atomic mass is 9.95. The van der Waals surface area contributed by atoms with Crippen LogP contribution in [0.15, 0.2) is 29.4 Å². The van der Waals surface area contributed by atoms with E-state index in [2.05, 4.69) is 5.16 Å². The van der Waals surface area contributed by atoms with Crippen molar-refractivity contribution in [3.05, 3.63) is 29.8 Å². The summed E-state index contributed by atoms with van der Waals surface area (Å²) in [5.74, 6) is 1.22. The van der Waals surface area contributed by atoms with Crippen molar-refractivity contribution in [3.63, 3.8) is 0 Å². The van der Waals surface area contributed by atoms with Gasteiger partial charge >= 0.3 is 0 Å². The topological polar surface area (TPSA) is 67.8 Å². The Morgan fingerprint density at radius 3 is 2.41 bits per heavy atom. The van der Waals surface area contributed by atoms with Crippen LogP contribution >= 0.6 is 0 Å². The highest BCUT2D eigenvalue weighted by molar-refractivity contribution is 5.94. The molecule has 2 aliphatic rings. The van der Waals surface area contributed by atoms with Crippen molar-refractivity contribution in [3.8, 4) is 5.75 Å². The largest absolute Gasteiger partial charge is 0.490 e. The molecule has 2 aliphatic carbocycles. The molecule has 0 heterocycles. The van der Waals surface area contributed by atoms with Gasteiger partial charge in [-0.2, -0.15) is 0 Å². The molecular formula is C13H16N2O2. The fraction of sp³-hybridized carbons (Fsp3) is 0.462. The van der Waals surface area contributed by atoms with E-state index in [1.54, 1.807) is 0 Å². The van der Waals surface area contributed by atoms with E-state index >= 15 is 0 Å². The first kappa shape index (κ1) is 10.4. The highest BCUT2D eigenvalue weighted by Gasteiger charge is 2.48. The maximum Gasteiger partial charge on any atom is 0.149 e. The first-order chi connectivity index (χ1) is 8.24. The molecule has 0 aromatic heterocycles. The number of hydrogen-bond donors (Lipinski definition) is 2. The van der Waals surface area contributed by atoms with Crippen molar-refractivity contribution in [1.29, 1.82) is 0 Å². The quantitative estimate of drug-likeness (QED) is 0.361. The van der Waals surface area contributed by atoms with E-state index in [1.807, 2.05) is 24.3 Å². The van der Waals surface area contributed by atoms with Gasteiger partial charge in [-0.05, 0) is 43.4 Å². The highest BCUT2D eigenvalue weighted by Crippen LogP contribution is 2.48. The number of hydrogen-bond acceptors (Lipinski definition) is 3. The number of nitrogens with zero attached hydrogens (tertiary/aromatic N) is 1. The molecule has 0 spiro atoms. The molecule has 2 fully saturated rings. The fourth-order valence-corrected chi connectivity index (χ4v) is 2.14. The molecule has 4 heteroatoms. The second-order valence-electron chi connectivity index (χ2n) is 4.91. The molecule has 0 unspecified atom stereocenters. The summed E-state index contributed by atoms with van der Waals surface area (Å²) in [5.41, 5.74) is 6.62. The molecule has 0 bridgehead atoms. The summed E-state index contributed by atoms with van der Waals surface area (Å²) < 4.78 is 5.69. The second-order valence-corrected chi connectivity index (χ2v) is 4.91. The smallest absolute Gasteiger partial charge is 0.149 e. The van der Waals surface area contributed by atoms with Gasteiger partial charge in [0.2, 0.25) is 0 Å². The number of amidine groups is 1. The first-order valence-corrected chi connectivity index (χ1v) is 6.00. The van der Waals surface area contributed by atoms with Crippen LogP contribution in [-0.4, -0.2) is 17.1 Å². The Morgan fingerprint density at radius 1 is 1.29 bits per heavy atom. The maximum atomic E-state index is 8.79. The maximum absolute atomic E-state index is 8.79. The van der Waals surface area contributed by atoms with Gasteiger partial charge in [0.25, 0.3) is 0 Å². The molecule has 0 amide bonds. The van der Waals surface area contributed by atoms with Crippen LogP contribution < -0.4 is 10.5 Å². The van der Waals surface area contributed by atoms with Crippen molar-refractivity contribution in [1.82, 2.24) is 0 Å². The summed E-state index contributed by atoms with van der Waals surface area (Å²) in [5, 5.41) is 11.9. The molecule has 3 rings (SSSR count). The van der Waals surface area contributed by atoms with E-state index in [-0.39, 0.29) is 5.41 Å². The molecule has 2 saturated carbocycles. The highest BCUT2D eigenvalue weighted by atomic mass is 16.5. The van der Waals surface area contributed by atoms with Gasteiger partial charge in [0.05, 0.1) is 11.5 Å². The predicted octanol–water partition coefficient (Wildman–Crippen LogP) is 2.01. The summed E-state index contributed by atoms with van der Waals surface area (Å²) >= 11 is 0. The van der Waals surface area contributed by atoms with Crippen molar-refractivity contribution in [2.75, 3.05) is 0 Å². The summed E-state index contributed by atoms with van der Waals surface area (Å²) in [6.45, 7) is 0. The number of rotatable bonds is 4. The van der Waals surface area contributed by atoms with Gasteiger partial charge in [0, 0.05) is 0 Å². The van der Waals surface area contributed by atoms with Crippen molar-refractivity contribution >= 4 is 5.84 Å². The number of nitrogens with two attached hydrogens (primary N) is 1. The number of oxime groups is 1. The Hall–Kier alpha value is -1.71. The van der Waals surface area contributed by atoms with E-state index in [0.29, 0.717) is 11.9 Å². The van der Waals surface area contributed by atoms with Crippen molar-refractivity contribution in [2.24, 2.45) is 10.9 Å². The molecule has 0 atom stereocenters. The van der Waals surface area contributed by atoms with Gasteiger partial charge < -0.3 is 15.7 Å². The zero-order valence-corrected chi connectivity index (χ0v) is 9.60. The van der Waals surface area contributed by atoms with Crippen molar-refractivity contribution in [2.45, 2.75) is 37.2 Å². The van der Waals surface area contributed by atoms with Crippen LogP contribution in [0.2, 0.25) is 0 Å². The molecule has 0 radical (unpaired) electrons. The minimum atomic E-state index is -0.229. The van der Waals surface area contributed by atoms with E-state index in [9.17, 15) is 0 Å². The minimum Gasteiger partial charge on any atom is -0.490 e. The van der Waals surface area contributed by atoms with Crippen LogP contribution in [0.4, 0.5) is 0 Å². The molecule has 0 saturated heterocycles. The second kappa shape index (κ2) is 3.65. The Labute approximate surface area is 100 Å². The molecule has 1 aromatic carbocycles. The van der Waals surface area contributed by atoms with Gasteiger partial charge in [0.15, 0.2) is 0 Å².